The quantitative estimate of drug-likeness (QED) is 0.766. The summed E-state index contributed by atoms with van der Waals surface area (Å²) < 4.78 is 23.0. The lowest BCUT2D eigenvalue weighted by Crippen LogP contribution is -2.47. The van der Waals surface area contributed by atoms with Gasteiger partial charge >= 0.3 is 0 Å². The molecule has 1 heterocycles. The van der Waals surface area contributed by atoms with E-state index in [9.17, 15) is 13.2 Å². The molecule has 2 aliphatic rings. The van der Waals surface area contributed by atoms with Crippen LogP contribution in [0.2, 0.25) is 0 Å². The van der Waals surface area contributed by atoms with Crippen LogP contribution < -0.4 is 11.1 Å². The van der Waals surface area contributed by atoms with Crippen LogP contribution in [0, 0.1) is 5.41 Å². The SMILES string of the molecule is NCC1(CC(=O)NC2CCCS(=O)(=O)C2)CCC1. The van der Waals surface area contributed by atoms with Gasteiger partial charge in [0.05, 0.1) is 11.5 Å². The zero-order valence-electron chi connectivity index (χ0n) is 10.7. The lowest BCUT2D eigenvalue weighted by Gasteiger charge is -2.40. The molecule has 1 saturated carbocycles. The molecule has 5 nitrogen and oxygen atoms in total. The molecule has 2 rings (SSSR count). The van der Waals surface area contributed by atoms with E-state index in [1.54, 1.807) is 0 Å². The van der Waals surface area contributed by atoms with Gasteiger partial charge in [0.2, 0.25) is 5.91 Å². The number of rotatable bonds is 4. The van der Waals surface area contributed by atoms with Crippen LogP contribution in [0.3, 0.4) is 0 Å². The van der Waals surface area contributed by atoms with E-state index in [0.717, 1.165) is 25.7 Å². The molecule has 104 valence electrons. The molecule has 1 aliphatic heterocycles. The Labute approximate surface area is 108 Å². The molecule has 0 bridgehead atoms. The fourth-order valence-electron chi connectivity index (χ4n) is 2.89. The number of sulfone groups is 1. The molecular weight excluding hydrogens is 252 g/mol. The second-order valence-electron chi connectivity index (χ2n) is 5.76. The summed E-state index contributed by atoms with van der Waals surface area (Å²) in [6.45, 7) is 0.545. The predicted molar refractivity (Wildman–Crippen MR) is 69.8 cm³/mol. The van der Waals surface area contributed by atoms with Gasteiger partial charge in [-0.1, -0.05) is 6.42 Å². The topological polar surface area (TPSA) is 89.3 Å². The molecule has 0 aromatic carbocycles. The third kappa shape index (κ3) is 3.23. The van der Waals surface area contributed by atoms with Crippen molar-refractivity contribution < 1.29 is 13.2 Å². The highest BCUT2D eigenvalue weighted by molar-refractivity contribution is 7.91. The summed E-state index contributed by atoms with van der Waals surface area (Å²) in [5.74, 6) is 0.308. The first-order valence-electron chi connectivity index (χ1n) is 6.65. The highest BCUT2D eigenvalue weighted by atomic mass is 32.2. The van der Waals surface area contributed by atoms with Crippen molar-refractivity contribution in [3.05, 3.63) is 0 Å². The first-order chi connectivity index (χ1) is 8.45. The Bertz CT molecular complexity index is 410. The maximum atomic E-state index is 11.9. The lowest BCUT2D eigenvalue weighted by molar-refractivity contribution is -0.125. The van der Waals surface area contributed by atoms with Crippen LogP contribution >= 0.6 is 0 Å². The number of amides is 1. The van der Waals surface area contributed by atoms with E-state index in [-0.39, 0.29) is 28.9 Å². The average molecular weight is 274 g/mol. The van der Waals surface area contributed by atoms with Crippen molar-refractivity contribution in [3.63, 3.8) is 0 Å². The molecule has 1 aliphatic carbocycles. The Morgan fingerprint density at radius 1 is 1.33 bits per heavy atom. The molecule has 6 heteroatoms. The van der Waals surface area contributed by atoms with Crippen LogP contribution in [0.15, 0.2) is 0 Å². The minimum atomic E-state index is -2.96. The standard InChI is InChI=1S/C12H22N2O3S/c13-9-12(4-2-5-12)7-11(15)14-10-3-1-6-18(16,17)8-10/h10H,1-9,13H2,(H,14,15). The summed E-state index contributed by atoms with van der Waals surface area (Å²) in [7, 11) is -2.96. The molecule has 0 aromatic rings. The van der Waals surface area contributed by atoms with Crippen molar-refractivity contribution >= 4 is 15.7 Å². The molecule has 0 radical (unpaired) electrons. The Hall–Kier alpha value is -0.620. The zero-order chi connectivity index (χ0) is 13.2. The summed E-state index contributed by atoms with van der Waals surface area (Å²) in [4.78, 5) is 11.9. The molecule has 18 heavy (non-hydrogen) atoms. The summed E-state index contributed by atoms with van der Waals surface area (Å²) >= 11 is 0. The second kappa shape index (κ2) is 5.17. The van der Waals surface area contributed by atoms with E-state index in [1.807, 2.05) is 0 Å². The van der Waals surface area contributed by atoms with Crippen molar-refractivity contribution in [2.45, 2.75) is 44.6 Å². The van der Waals surface area contributed by atoms with Gasteiger partial charge in [-0.2, -0.15) is 0 Å². The second-order valence-corrected chi connectivity index (χ2v) is 7.98. The molecule has 2 fully saturated rings. The number of carbonyl (C=O) groups excluding carboxylic acids is 1. The van der Waals surface area contributed by atoms with Crippen LogP contribution in [-0.2, 0) is 14.6 Å². The number of carbonyl (C=O) groups is 1. The van der Waals surface area contributed by atoms with Gasteiger partial charge in [0.1, 0.15) is 0 Å². The van der Waals surface area contributed by atoms with Gasteiger partial charge < -0.3 is 11.1 Å². The summed E-state index contributed by atoms with van der Waals surface area (Å²) in [5, 5.41) is 2.86. The molecule has 1 unspecified atom stereocenters. The van der Waals surface area contributed by atoms with Gasteiger partial charge in [-0.3, -0.25) is 4.79 Å². The van der Waals surface area contributed by atoms with Crippen molar-refractivity contribution in [1.29, 1.82) is 0 Å². The highest BCUT2D eigenvalue weighted by Gasteiger charge is 2.38. The van der Waals surface area contributed by atoms with E-state index < -0.39 is 9.84 Å². The predicted octanol–water partition coefficient (Wildman–Crippen LogP) is 0.199. The highest BCUT2D eigenvalue weighted by Crippen LogP contribution is 2.42. The minimum Gasteiger partial charge on any atom is -0.352 e. The van der Waals surface area contributed by atoms with Gasteiger partial charge in [0.25, 0.3) is 0 Å². The number of nitrogens with two attached hydrogens (primary N) is 1. The first-order valence-corrected chi connectivity index (χ1v) is 8.47. The Balaban J connectivity index is 1.84. The third-order valence-corrected chi connectivity index (χ3v) is 6.03. The van der Waals surface area contributed by atoms with Crippen LogP contribution in [-0.4, -0.2) is 38.4 Å². The van der Waals surface area contributed by atoms with Gasteiger partial charge in [-0.05, 0) is 37.6 Å². The molecule has 3 N–H and O–H groups in total. The van der Waals surface area contributed by atoms with Crippen LogP contribution in [0.1, 0.15) is 38.5 Å². The number of hydrogen-bond acceptors (Lipinski definition) is 4. The average Bonchev–Trinajstić information content (AvgIpc) is 2.22. The summed E-state index contributed by atoms with van der Waals surface area (Å²) in [6, 6.07) is -0.203. The Morgan fingerprint density at radius 3 is 2.56 bits per heavy atom. The van der Waals surface area contributed by atoms with E-state index in [0.29, 0.717) is 19.4 Å². The van der Waals surface area contributed by atoms with Crippen molar-refractivity contribution in [2.75, 3.05) is 18.1 Å². The normalized spacial score (nSPS) is 29.3. The zero-order valence-corrected chi connectivity index (χ0v) is 11.5. The lowest BCUT2D eigenvalue weighted by atomic mass is 9.66. The van der Waals surface area contributed by atoms with Gasteiger partial charge in [0, 0.05) is 12.5 Å². The molecular formula is C12H22N2O3S. The van der Waals surface area contributed by atoms with E-state index in [2.05, 4.69) is 5.32 Å². The maximum absolute atomic E-state index is 11.9. The minimum absolute atomic E-state index is 0.0162. The van der Waals surface area contributed by atoms with Crippen molar-refractivity contribution in [2.24, 2.45) is 11.1 Å². The largest absolute Gasteiger partial charge is 0.352 e. The Kier molecular flexibility index (Phi) is 3.96. The molecule has 0 spiro atoms. The number of hydrogen-bond donors (Lipinski definition) is 2. The fraction of sp³-hybridized carbons (Fsp3) is 0.917. The van der Waals surface area contributed by atoms with E-state index >= 15 is 0 Å². The molecule has 1 amide bonds. The molecule has 1 saturated heterocycles. The van der Waals surface area contributed by atoms with Gasteiger partial charge in [-0.25, -0.2) is 8.42 Å². The van der Waals surface area contributed by atoms with E-state index in [1.165, 1.54) is 0 Å². The molecule has 0 aromatic heterocycles. The summed E-state index contributed by atoms with van der Waals surface area (Å²) in [5.41, 5.74) is 5.70. The Morgan fingerprint density at radius 2 is 2.06 bits per heavy atom. The van der Waals surface area contributed by atoms with Crippen molar-refractivity contribution in [1.82, 2.24) is 5.32 Å². The fourth-order valence-corrected chi connectivity index (χ4v) is 4.52. The van der Waals surface area contributed by atoms with Gasteiger partial charge in [-0.15, -0.1) is 0 Å². The van der Waals surface area contributed by atoms with Crippen LogP contribution in [0.4, 0.5) is 0 Å². The monoisotopic (exact) mass is 274 g/mol. The van der Waals surface area contributed by atoms with Crippen molar-refractivity contribution in [3.8, 4) is 0 Å². The maximum Gasteiger partial charge on any atom is 0.220 e. The van der Waals surface area contributed by atoms with Crippen LogP contribution in [0.5, 0.6) is 0 Å². The third-order valence-electron chi connectivity index (χ3n) is 4.21. The molecule has 1 atom stereocenters. The first kappa shape index (κ1) is 13.8. The summed E-state index contributed by atoms with van der Waals surface area (Å²) in [6.07, 6.45) is 5.03. The van der Waals surface area contributed by atoms with E-state index in [4.69, 9.17) is 5.73 Å². The number of nitrogens with one attached hydrogen (secondary N) is 1. The smallest absolute Gasteiger partial charge is 0.220 e. The van der Waals surface area contributed by atoms with Gasteiger partial charge in [0.15, 0.2) is 9.84 Å². The van der Waals surface area contributed by atoms with Crippen LogP contribution in [0.25, 0.3) is 0 Å².